The molecule has 0 heterocycles. The van der Waals surface area contributed by atoms with Crippen molar-refractivity contribution in [3.05, 3.63) is 72.3 Å². The van der Waals surface area contributed by atoms with Crippen LogP contribution in [-0.4, -0.2) is 25.0 Å². The Morgan fingerprint density at radius 2 is 1.70 bits per heavy atom. The van der Waals surface area contributed by atoms with Gasteiger partial charge in [-0.1, -0.05) is 48.4 Å². The van der Waals surface area contributed by atoms with Gasteiger partial charge in [-0.25, -0.2) is 0 Å². The molecule has 5 nitrogen and oxygen atoms in total. The molecule has 5 heteroatoms. The summed E-state index contributed by atoms with van der Waals surface area (Å²) in [6.45, 7) is -0.0508. The second-order valence-corrected chi connectivity index (χ2v) is 5.78. The summed E-state index contributed by atoms with van der Waals surface area (Å²) < 4.78 is 5.57. The highest BCUT2D eigenvalue weighted by Gasteiger charge is 2.13. The molecule has 2 N–H and O–H groups in total. The van der Waals surface area contributed by atoms with Crippen LogP contribution >= 0.6 is 0 Å². The zero-order valence-electron chi connectivity index (χ0n) is 14.6. The number of nitrogens with one attached hydrogen (secondary N) is 2. The Balaban J connectivity index is 1.64. The normalized spacial score (nSPS) is 10.0. The maximum atomic E-state index is 12.2. The van der Waals surface area contributed by atoms with Crippen LogP contribution in [0.4, 0.5) is 5.69 Å². The minimum absolute atomic E-state index is 0.117. The van der Waals surface area contributed by atoms with Crippen molar-refractivity contribution < 1.29 is 14.3 Å². The van der Waals surface area contributed by atoms with Crippen molar-refractivity contribution in [3.8, 4) is 18.1 Å². The summed E-state index contributed by atoms with van der Waals surface area (Å²) >= 11 is 0. The maximum absolute atomic E-state index is 12.2. The van der Waals surface area contributed by atoms with Crippen LogP contribution < -0.4 is 15.4 Å². The van der Waals surface area contributed by atoms with Gasteiger partial charge >= 0.3 is 0 Å². The summed E-state index contributed by atoms with van der Waals surface area (Å²) in [5.41, 5.74) is 0.742. The first-order valence-corrected chi connectivity index (χ1v) is 8.39. The van der Waals surface area contributed by atoms with Gasteiger partial charge in [0, 0.05) is 0 Å². The van der Waals surface area contributed by atoms with Crippen LogP contribution in [0.2, 0.25) is 0 Å². The Morgan fingerprint density at radius 3 is 2.52 bits per heavy atom. The lowest BCUT2D eigenvalue weighted by Crippen LogP contribution is -2.26. The Labute approximate surface area is 157 Å². The maximum Gasteiger partial charge on any atom is 0.262 e. The summed E-state index contributed by atoms with van der Waals surface area (Å²) in [4.78, 5) is 24.4. The first kappa shape index (κ1) is 18.0. The fourth-order valence-corrected chi connectivity index (χ4v) is 2.61. The molecule has 134 valence electrons. The van der Waals surface area contributed by atoms with E-state index in [1.807, 2.05) is 42.5 Å². The number of benzene rings is 3. The van der Waals surface area contributed by atoms with Gasteiger partial charge in [-0.05, 0) is 35.0 Å². The molecule has 0 atom stereocenters. The van der Waals surface area contributed by atoms with Crippen molar-refractivity contribution in [2.75, 3.05) is 18.5 Å². The topological polar surface area (TPSA) is 67.4 Å². The molecule has 27 heavy (non-hydrogen) atoms. The average Bonchev–Trinajstić information content (AvgIpc) is 2.70. The molecule has 0 radical (unpaired) electrons. The van der Waals surface area contributed by atoms with Crippen LogP contribution in [0.25, 0.3) is 10.8 Å². The molecule has 2 amide bonds. The van der Waals surface area contributed by atoms with Gasteiger partial charge in [-0.15, -0.1) is 6.42 Å². The third kappa shape index (κ3) is 4.65. The van der Waals surface area contributed by atoms with E-state index in [9.17, 15) is 9.59 Å². The van der Waals surface area contributed by atoms with Crippen LogP contribution in [-0.2, 0) is 4.79 Å². The van der Waals surface area contributed by atoms with Crippen LogP contribution in [0.1, 0.15) is 10.4 Å². The number of hydrogen-bond donors (Lipinski definition) is 2. The molecule has 0 saturated heterocycles. The van der Waals surface area contributed by atoms with E-state index in [1.54, 1.807) is 24.3 Å². The number of fused-ring (bicyclic) bond motifs is 1. The van der Waals surface area contributed by atoms with Crippen molar-refractivity contribution in [3.63, 3.8) is 0 Å². The molecule has 0 saturated carbocycles. The van der Waals surface area contributed by atoms with Gasteiger partial charge in [0.2, 0.25) is 0 Å². The van der Waals surface area contributed by atoms with Crippen molar-refractivity contribution >= 4 is 28.3 Å². The van der Waals surface area contributed by atoms with Gasteiger partial charge in [0.1, 0.15) is 5.75 Å². The number of terminal acetylenes is 1. The summed E-state index contributed by atoms with van der Waals surface area (Å²) in [5, 5.41) is 7.41. The number of para-hydroxylation sites is 1. The summed E-state index contributed by atoms with van der Waals surface area (Å²) in [7, 11) is 0. The first-order chi connectivity index (χ1) is 13.2. The van der Waals surface area contributed by atoms with E-state index in [-0.39, 0.29) is 25.0 Å². The van der Waals surface area contributed by atoms with E-state index in [0.29, 0.717) is 17.0 Å². The average molecular weight is 358 g/mol. The number of rotatable bonds is 6. The number of carbonyl (C=O) groups excluding carboxylic acids is 2. The number of ether oxygens (including phenoxy) is 1. The fraction of sp³-hybridized carbons (Fsp3) is 0.0909. The molecule has 0 aliphatic rings. The largest absolute Gasteiger partial charge is 0.484 e. The number of carbonyl (C=O) groups is 2. The molecule has 0 aromatic heterocycles. The van der Waals surface area contributed by atoms with Crippen LogP contribution in [0.5, 0.6) is 5.75 Å². The Hall–Kier alpha value is -3.78. The quantitative estimate of drug-likeness (QED) is 0.665. The van der Waals surface area contributed by atoms with Gasteiger partial charge in [0.15, 0.2) is 6.61 Å². The highest BCUT2D eigenvalue weighted by atomic mass is 16.5. The van der Waals surface area contributed by atoms with Gasteiger partial charge in [0.05, 0.1) is 17.8 Å². The van der Waals surface area contributed by atoms with Gasteiger partial charge in [-0.2, -0.15) is 0 Å². The minimum atomic E-state index is -0.361. The standard InChI is InChI=1S/C22H18N2O3/c1-2-13-23-22(26)19-9-5-6-10-20(19)24-21(25)15-27-18-12-11-16-7-3-4-8-17(16)14-18/h1,3-12,14H,13,15H2,(H,23,26)(H,24,25). The van der Waals surface area contributed by atoms with E-state index >= 15 is 0 Å². The van der Waals surface area contributed by atoms with Crippen molar-refractivity contribution in [2.24, 2.45) is 0 Å². The molecule has 0 bridgehead atoms. The zero-order chi connectivity index (χ0) is 19.1. The predicted molar refractivity (Wildman–Crippen MR) is 106 cm³/mol. The molecule has 0 fully saturated rings. The Kier molecular flexibility index (Phi) is 5.70. The highest BCUT2D eigenvalue weighted by molar-refractivity contribution is 6.04. The third-order valence-corrected chi connectivity index (χ3v) is 3.89. The van der Waals surface area contributed by atoms with E-state index in [0.717, 1.165) is 10.8 Å². The van der Waals surface area contributed by atoms with Gasteiger partial charge in [0.25, 0.3) is 11.8 Å². The lowest BCUT2D eigenvalue weighted by atomic mass is 10.1. The monoisotopic (exact) mass is 358 g/mol. The minimum Gasteiger partial charge on any atom is -0.484 e. The van der Waals surface area contributed by atoms with E-state index in [4.69, 9.17) is 11.2 Å². The SMILES string of the molecule is C#CCNC(=O)c1ccccc1NC(=O)COc1ccc2ccccc2c1. The fourth-order valence-electron chi connectivity index (χ4n) is 2.61. The van der Waals surface area contributed by atoms with Gasteiger partial charge < -0.3 is 15.4 Å². The Morgan fingerprint density at radius 1 is 0.963 bits per heavy atom. The molecule has 0 spiro atoms. The predicted octanol–water partition coefficient (Wildman–Crippen LogP) is 3.22. The van der Waals surface area contributed by atoms with E-state index < -0.39 is 0 Å². The van der Waals surface area contributed by atoms with Crippen molar-refractivity contribution in [2.45, 2.75) is 0 Å². The van der Waals surface area contributed by atoms with Gasteiger partial charge in [-0.3, -0.25) is 9.59 Å². The van der Waals surface area contributed by atoms with Crippen molar-refractivity contribution in [1.29, 1.82) is 0 Å². The number of anilines is 1. The summed E-state index contributed by atoms with van der Waals surface area (Å²) in [5.74, 6) is 2.23. The molecule has 0 aliphatic heterocycles. The van der Waals surface area contributed by atoms with Crippen LogP contribution in [0.3, 0.4) is 0 Å². The lowest BCUT2D eigenvalue weighted by molar-refractivity contribution is -0.118. The summed E-state index contributed by atoms with van der Waals surface area (Å²) in [6.07, 6.45) is 5.15. The molecule has 0 unspecified atom stereocenters. The summed E-state index contributed by atoms with van der Waals surface area (Å²) in [6, 6.07) is 20.2. The molecule has 3 rings (SSSR count). The van der Waals surface area contributed by atoms with Crippen LogP contribution in [0.15, 0.2) is 66.7 Å². The highest BCUT2D eigenvalue weighted by Crippen LogP contribution is 2.20. The number of amides is 2. The molecule has 3 aromatic rings. The smallest absolute Gasteiger partial charge is 0.262 e. The molecular weight excluding hydrogens is 340 g/mol. The zero-order valence-corrected chi connectivity index (χ0v) is 14.6. The molecule has 0 aliphatic carbocycles. The molecular formula is C22H18N2O3. The van der Waals surface area contributed by atoms with E-state index in [1.165, 1.54) is 0 Å². The lowest BCUT2D eigenvalue weighted by Gasteiger charge is -2.11. The van der Waals surface area contributed by atoms with Crippen LogP contribution in [0, 0.1) is 12.3 Å². The second-order valence-electron chi connectivity index (χ2n) is 5.78. The second kappa shape index (κ2) is 8.54. The Bertz CT molecular complexity index is 1020. The third-order valence-electron chi connectivity index (χ3n) is 3.89. The van der Waals surface area contributed by atoms with Crippen molar-refractivity contribution in [1.82, 2.24) is 5.32 Å². The first-order valence-electron chi connectivity index (χ1n) is 8.39. The van der Waals surface area contributed by atoms with E-state index in [2.05, 4.69) is 16.6 Å². The molecule has 3 aromatic carbocycles. The number of hydrogen-bond acceptors (Lipinski definition) is 3.